The second kappa shape index (κ2) is 8.20. The number of piperazine rings is 1. The topological polar surface area (TPSA) is 73.7 Å². The standard InChI is InChI=1S/C26H25N3O3/c1-17-4-2-3-5-21(17)18-6-8-19(9-7-18)25-22-14-28(15-24(31)29(22)23(25)16-30)26(32)20-10-12-27-13-11-20/h2-13,22-23,25,30H,14-16H2,1H3/t22-,23+,25?/m1/s1. The van der Waals surface area contributed by atoms with E-state index in [0.29, 0.717) is 12.1 Å². The van der Waals surface area contributed by atoms with Gasteiger partial charge in [0.25, 0.3) is 5.91 Å². The molecular formula is C26H25N3O3. The highest BCUT2D eigenvalue weighted by Crippen LogP contribution is 2.43. The number of fused-ring (bicyclic) bond motifs is 1. The van der Waals surface area contributed by atoms with Crippen LogP contribution < -0.4 is 0 Å². The van der Waals surface area contributed by atoms with Crippen molar-refractivity contribution in [2.45, 2.75) is 24.9 Å². The van der Waals surface area contributed by atoms with Gasteiger partial charge in [0, 0.05) is 30.4 Å². The summed E-state index contributed by atoms with van der Waals surface area (Å²) in [5.74, 6) is -0.292. The number of aliphatic hydroxyl groups excluding tert-OH is 1. The summed E-state index contributed by atoms with van der Waals surface area (Å²) in [4.78, 5) is 33.1. The summed E-state index contributed by atoms with van der Waals surface area (Å²) in [5.41, 5.74) is 5.14. The zero-order valence-corrected chi connectivity index (χ0v) is 17.9. The molecule has 0 saturated carbocycles. The lowest BCUT2D eigenvalue weighted by atomic mass is 9.73. The number of aromatic nitrogens is 1. The molecule has 162 valence electrons. The van der Waals surface area contributed by atoms with Crippen LogP contribution in [0, 0.1) is 6.92 Å². The molecule has 2 aromatic carbocycles. The summed E-state index contributed by atoms with van der Waals surface area (Å²) in [6.45, 7) is 2.49. The van der Waals surface area contributed by atoms with Gasteiger partial charge >= 0.3 is 0 Å². The summed E-state index contributed by atoms with van der Waals surface area (Å²) in [6, 6.07) is 19.6. The number of aryl methyl sites for hydroxylation is 1. The van der Waals surface area contributed by atoms with Crippen LogP contribution in [0.1, 0.15) is 27.4 Å². The third-order valence-electron chi connectivity index (χ3n) is 6.72. The fraction of sp³-hybridized carbons (Fsp3) is 0.269. The fourth-order valence-electron chi connectivity index (χ4n) is 5.11. The first-order chi connectivity index (χ1) is 15.6. The normalized spacial score (nSPS) is 22.3. The van der Waals surface area contributed by atoms with Crippen LogP contribution in [0.5, 0.6) is 0 Å². The van der Waals surface area contributed by atoms with E-state index in [1.165, 1.54) is 11.1 Å². The molecule has 3 heterocycles. The van der Waals surface area contributed by atoms with Crippen molar-refractivity contribution < 1.29 is 14.7 Å². The van der Waals surface area contributed by atoms with Crippen molar-refractivity contribution in [2.24, 2.45) is 0 Å². The molecule has 2 fully saturated rings. The molecule has 0 spiro atoms. The van der Waals surface area contributed by atoms with E-state index < -0.39 is 0 Å². The van der Waals surface area contributed by atoms with Crippen LogP contribution in [0.15, 0.2) is 73.1 Å². The Morgan fingerprint density at radius 2 is 1.78 bits per heavy atom. The van der Waals surface area contributed by atoms with Gasteiger partial charge < -0.3 is 14.9 Å². The van der Waals surface area contributed by atoms with Crippen molar-refractivity contribution in [2.75, 3.05) is 19.7 Å². The Labute approximate surface area is 187 Å². The number of carbonyl (C=O) groups excluding carboxylic acids is 2. The Hall–Kier alpha value is -3.51. The van der Waals surface area contributed by atoms with E-state index in [-0.39, 0.29) is 43.0 Å². The van der Waals surface area contributed by atoms with Gasteiger partial charge in [-0.2, -0.15) is 0 Å². The third kappa shape index (κ3) is 3.37. The molecule has 3 atom stereocenters. The van der Waals surface area contributed by atoms with E-state index in [9.17, 15) is 14.7 Å². The van der Waals surface area contributed by atoms with Gasteiger partial charge in [-0.1, -0.05) is 48.5 Å². The molecule has 2 aliphatic rings. The largest absolute Gasteiger partial charge is 0.394 e. The lowest BCUT2D eigenvalue weighted by Crippen LogP contribution is -2.73. The van der Waals surface area contributed by atoms with E-state index in [2.05, 4.69) is 48.3 Å². The van der Waals surface area contributed by atoms with Gasteiger partial charge in [0.1, 0.15) is 6.54 Å². The van der Waals surface area contributed by atoms with Gasteiger partial charge in [0.15, 0.2) is 0 Å². The van der Waals surface area contributed by atoms with Crippen molar-refractivity contribution in [3.63, 3.8) is 0 Å². The van der Waals surface area contributed by atoms with Crippen LogP contribution in [-0.4, -0.2) is 63.5 Å². The van der Waals surface area contributed by atoms with E-state index >= 15 is 0 Å². The number of benzene rings is 2. The maximum atomic E-state index is 12.9. The minimum absolute atomic E-state index is 0.0112. The monoisotopic (exact) mass is 427 g/mol. The SMILES string of the molecule is Cc1ccccc1-c1ccc(C2[C@H]3CN(C(=O)c4ccncc4)CC(=O)N3[C@H]2CO)cc1. The quantitative estimate of drug-likeness (QED) is 0.695. The van der Waals surface area contributed by atoms with Gasteiger partial charge in [-0.15, -0.1) is 0 Å². The van der Waals surface area contributed by atoms with Crippen molar-refractivity contribution in [1.82, 2.24) is 14.8 Å². The van der Waals surface area contributed by atoms with Crippen molar-refractivity contribution in [1.29, 1.82) is 0 Å². The fourth-order valence-corrected chi connectivity index (χ4v) is 5.11. The molecule has 3 aromatic rings. The first-order valence-corrected chi connectivity index (χ1v) is 10.9. The Balaban J connectivity index is 1.40. The number of carbonyl (C=O) groups is 2. The number of amides is 2. The van der Waals surface area contributed by atoms with Crippen LogP contribution in [0.3, 0.4) is 0 Å². The number of hydrogen-bond donors (Lipinski definition) is 1. The van der Waals surface area contributed by atoms with Crippen LogP contribution in [0.4, 0.5) is 0 Å². The first kappa shape index (κ1) is 20.4. The van der Waals surface area contributed by atoms with Gasteiger partial charge in [0.05, 0.1) is 18.7 Å². The molecular weight excluding hydrogens is 402 g/mol. The molecule has 5 rings (SSSR count). The maximum absolute atomic E-state index is 12.9. The molecule has 2 amide bonds. The zero-order chi connectivity index (χ0) is 22.2. The summed E-state index contributed by atoms with van der Waals surface area (Å²) >= 11 is 0. The molecule has 1 aromatic heterocycles. The second-order valence-corrected chi connectivity index (χ2v) is 8.50. The highest BCUT2D eigenvalue weighted by atomic mass is 16.3. The highest BCUT2D eigenvalue weighted by Gasteiger charge is 2.54. The highest BCUT2D eigenvalue weighted by molar-refractivity contribution is 5.97. The number of aliphatic hydroxyl groups is 1. The van der Waals surface area contributed by atoms with E-state index in [4.69, 9.17) is 0 Å². The maximum Gasteiger partial charge on any atom is 0.254 e. The summed E-state index contributed by atoms with van der Waals surface area (Å²) in [5, 5.41) is 10.0. The average molecular weight is 428 g/mol. The molecule has 1 unspecified atom stereocenters. The number of rotatable bonds is 4. The minimum atomic E-state index is -0.255. The predicted octanol–water partition coefficient (Wildman–Crippen LogP) is 2.87. The second-order valence-electron chi connectivity index (χ2n) is 8.50. The van der Waals surface area contributed by atoms with Crippen LogP contribution in [0.2, 0.25) is 0 Å². The molecule has 32 heavy (non-hydrogen) atoms. The van der Waals surface area contributed by atoms with Crippen molar-refractivity contribution in [3.8, 4) is 11.1 Å². The number of pyridine rings is 1. The molecule has 1 N–H and O–H groups in total. The van der Waals surface area contributed by atoms with Gasteiger partial charge in [0.2, 0.25) is 5.91 Å². The van der Waals surface area contributed by atoms with Crippen molar-refractivity contribution in [3.05, 3.63) is 89.7 Å². The Bertz CT molecular complexity index is 1150. The molecule has 6 heteroatoms. The molecule has 2 saturated heterocycles. The van der Waals surface area contributed by atoms with Gasteiger partial charge in [-0.3, -0.25) is 14.6 Å². The summed E-state index contributed by atoms with van der Waals surface area (Å²) < 4.78 is 0. The van der Waals surface area contributed by atoms with Crippen LogP contribution in [-0.2, 0) is 4.79 Å². The van der Waals surface area contributed by atoms with Gasteiger partial charge in [-0.05, 0) is 41.3 Å². The number of hydrogen-bond acceptors (Lipinski definition) is 4. The Kier molecular flexibility index (Phi) is 5.23. The molecule has 2 aliphatic heterocycles. The lowest BCUT2D eigenvalue weighted by Gasteiger charge is -2.58. The van der Waals surface area contributed by atoms with Gasteiger partial charge in [-0.25, -0.2) is 0 Å². The third-order valence-corrected chi connectivity index (χ3v) is 6.72. The predicted molar refractivity (Wildman–Crippen MR) is 121 cm³/mol. The van der Waals surface area contributed by atoms with Crippen LogP contribution in [0.25, 0.3) is 11.1 Å². The summed E-state index contributed by atoms with van der Waals surface area (Å²) in [6.07, 6.45) is 3.16. The first-order valence-electron chi connectivity index (χ1n) is 10.9. The lowest BCUT2D eigenvalue weighted by molar-refractivity contribution is -0.159. The zero-order valence-electron chi connectivity index (χ0n) is 17.9. The van der Waals surface area contributed by atoms with E-state index in [1.807, 2.05) is 12.1 Å². The molecule has 0 radical (unpaired) electrons. The Morgan fingerprint density at radius 1 is 1.06 bits per heavy atom. The van der Waals surface area contributed by atoms with Crippen LogP contribution >= 0.6 is 0 Å². The Morgan fingerprint density at radius 3 is 2.47 bits per heavy atom. The molecule has 0 bridgehead atoms. The molecule has 6 nitrogen and oxygen atoms in total. The number of nitrogens with zero attached hydrogens (tertiary/aromatic N) is 3. The minimum Gasteiger partial charge on any atom is -0.394 e. The van der Waals surface area contributed by atoms with E-state index in [0.717, 1.165) is 11.1 Å². The smallest absolute Gasteiger partial charge is 0.254 e. The van der Waals surface area contributed by atoms with Crippen molar-refractivity contribution >= 4 is 11.8 Å². The average Bonchev–Trinajstić information content (AvgIpc) is 2.81. The van der Waals surface area contributed by atoms with E-state index in [1.54, 1.807) is 34.3 Å². The summed E-state index contributed by atoms with van der Waals surface area (Å²) in [7, 11) is 0. The molecule has 0 aliphatic carbocycles.